The van der Waals surface area contributed by atoms with Crippen LogP contribution in [0.4, 0.5) is 17.5 Å². The third-order valence-corrected chi connectivity index (χ3v) is 4.68. The van der Waals surface area contributed by atoms with Gasteiger partial charge >= 0.3 is 0 Å². The van der Waals surface area contributed by atoms with Gasteiger partial charge in [-0.3, -0.25) is 0 Å². The molecule has 1 fully saturated rings. The van der Waals surface area contributed by atoms with Crippen molar-refractivity contribution < 1.29 is 0 Å². The van der Waals surface area contributed by atoms with E-state index in [4.69, 9.17) is 0 Å². The summed E-state index contributed by atoms with van der Waals surface area (Å²) < 4.78 is 0.994. The molecule has 0 amide bonds. The van der Waals surface area contributed by atoms with Gasteiger partial charge in [0.1, 0.15) is 0 Å². The molecule has 1 N–H and O–H groups in total. The van der Waals surface area contributed by atoms with Crippen molar-refractivity contribution in [3.8, 4) is 0 Å². The van der Waals surface area contributed by atoms with Crippen molar-refractivity contribution in [3.63, 3.8) is 0 Å². The topological polar surface area (TPSA) is 53.9 Å². The number of benzene rings is 1. The minimum Gasteiger partial charge on any atom is -0.355 e. The summed E-state index contributed by atoms with van der Waals surface area (Å²) in [6, 6.07) is 6.13. The van der Waals surface area contributed by atoms with Gasteiger partial charge in [0, 0.05) is 17.6 Å². The summed E-state index contributed by atoms with van der Waals surface area (Å²) in [6.07, 6.45) is 4.15. The van der Waals surface area contributed by atoms with Gasteiger partial charge < -0.3 is 10.2 Å². The Morgan fingerprint density at radius 3 is 2.77 bits per heavy atom. The highest BCUT2D eigenvalue weighted by molar-refractivity contribution is 9.10. The predicted octanol–water partition coefficient (Wildman–Crippen LogP) is 3.92. The molecule has 1 aliphatic heterocycles. The van der Waals surface area contributed by atoms with Crippen LogP contribution in [0.1, 0.15) is 25.3 Å². The zero-order valence-corrected chi connectivity index (χ0v) is 14.5. The average Bonchev–Trinajstić information content (AvgIpc) is 2.51. The first-order chi connectivity index (χ1) is 10.6. The van der Waals surface area contributed by atoms with Crippen molar-refractivity contribution in [1.29, 1.82) is 0 Å². The molecule has 0 atom stereocenters. The van der Waals surface area contributed by atoms with Crippen LogP contribution >= 0.6 is 15.9 Å². The molecule has 2 heterocycles. The molecule has 22 heavy (non-hydrogen) atoms. The van der Waals surface area contributed by atoms with E-state index in [-0.39, 0.29) is 0 Å². The number of hydrogen-bond donors (Lipinski definition) is 1. The Balaban J connectivity index is 1.76. The maximum Gasteiger partial charge on any atom is 0.249 e. The van der Waals surface area contributed by atoms with E-state index in [9.17, 15) is 0 Å². The Labute approximate surface area is 139 Å². The van der Waals surface area contributed by atoms with Crippen molar-refractivity contribution in [3.05, 3.63) is 34.4 Å². The lowest BCUT2D eigenvalue weighted by molar-refractivity contribution is 0.436. The van der Waals surface area contributed by atoms with Crippen LogP contribution in [0, 0.1) is 12.8 Å². The highest BCUT2D eigenvalue weighted by Crippen LogP contribution is 2.26. The first-order valence-corrected chi connectivity index (χ1v) is 8.39. The van der Waals surface area contributed by atoms with E-state index in [2.05, 4.69) is 67.3 Å². The summed E-state index contributed by atoms with van der Waals surface area (Å²) in [5, 5.41) is 11.4. The van der Waals surface area contributed by atoms with E-state index in [0.717, 1.165) is 35.0 Å². The van der Waals surface area contributed by atoms with E-state index >= 15 is 0 Å². The first-order valence-electron chi connectivity index (χ1n) is 7.59. The smallest absolute Gasteiger partial charge is 0.249 e. The highest BCUT2D eigenvalue weighted by atomic mass is 79.9. The Kier molecular flexibility index (Phi) is 4.57. The molecule has 1 saturated heterocycles. The van der Waals surface area contributed by atoms with Gasteiger partial charge in [-0.15, -0.1) is 5.10 Å². The molecule has 0 saturated carbocycles. The third kappa shape index (κ3) is 3.55. The van der Waals surface area contributed by atoms with E-state index in [1.54, 1.807) is 6.20 Å². The van der Waals surface area contributed by atoms with Crippen LogP contribution in [-0.2, 0) is 0 Å². The molecular formula is C16H20BrN5. The van der Waals surface area contributed by atoms with Crippen LogP contribution in [0.25, 0.3) is 0 Å². The molecule has 0 radical (unpaired) electrons. The minimum atomic E-state index is 0.528. The number of anilines is 3. The molecule has 3 rings (SSSR count). The monoisotopic (exact) mass is 361 g/mol. The molecule has 5 nitrogen and oxygen atoms in total. The maximum absolute atomic E-state index is 4.60. The van der Waals surface area contributed by atoms with Gasteiger partial charge in [0.25, 0.3) is 0 Å². The SMILES string of the molecule is Cc1ccc(Nc2nncc(N3CCC(C)CC3)n2)c(Br)c1. The summed E-state index contributed by atoms with van der Waals surface area (Å²) in [5.74, 6) is 2.22. The zero-order chi connectivity index (χ0) is 15.5. The second-order valence-corrected chi connectivity index (χ2v) is 6.77. The summed E-state index contributed by atoms with van der Waals surface area (Å²) in [7, 11) is 0. The predicted molar refractivity (Wildman–Crippen MR) is 92.6 cm³/mol. The van der Waals surface area contributed by atoms with Crippen LogP contribution in [0.3, 0.4) is 0 Å². The van der Waals surface area contributed by atoms with Crippen LogP contribution in [0.5, 0.6) is 0 Å². The van der Waals surface area contributed by atoms with Crippen LogP contribution < -0.4 is 10.2 Å². The summed E-state index contributed by atoms with van der Waals surface area (Å²) in [4.78, 5) is 6.88. The van der Waals surface area contributed by atoms with E-state index in [0.29, 0.717) is 5.95 Å². The van der Waals surface area contributed by atoms with Crippen LogP contribution in [0.15, 0.2) is 28.9 Å². The lowest BCUT2D eigenvalue weighted by Gasteiger charge is -2.30. The summed E-state index contributed by atoms with van der Waals surface area (Å²) >= 11 is 3.56. The first kappa shape index (κ1) is 15.2. The third-order valence-electron chi connectivity index (χ3n) is 4.02. The number of rotatable bonds is 3. The van der Waals surface area contributed by atoms with Crippen LogP contribution in [-0.4, -0.2) is 28.3 Å². The van der Waals surface area contributed by atoms with Gasteiger partial charge in [-0.1, -0.05) is 13.0 Å². The highest BCUT2D eigenvalue weighted by Gasteiger charge is 2.17. The largest absolute Gasteiger partial charge is 0.355 e. The molecular weight excluding hydrogens is 342 g/mol. The number of halogens is 1. The maximum atomic E-state index is 4.60. The van der Waals surface area contributed by atoms with Gasteiger partial charge in [-0.05, 0) is 59.3 Å². The fourth-order valence-electron chi connectivity index (χ4n) is 2.58. The second-order valence-electron chi connectivity index (χ2n) is 5.92. The molecule has 0 bridgehead atoms. The average molecular weight is 362 g/mol. The molecule has 6 heteroatoms. The molecule has 0 unspecified atom stereocenters. The lowest BCUT2D eigenvalue weighted by Crippen LogP contribution is -2.33. The number of aryl methyl sites for hydroxylation is 1. The van der Waals surface area contributed by atoms with Crippen molar-refractivity contribution in [2.45, 2.75) is 26.7 Å². The molecule has 2 aromatic rings. The quantitative estimate of drug-likeness (QED) is 0.897. The van der Waals surface area contributed by atoms with E-state index < -0.39 is 0 Å². The van der Waals surface area contributed by atoms with Crippen molar-refractivity contribution in [2.24, 2.45) is 5.92 Å². The molecule has 1 aromatic heterocycles. The minimum absolute atomic E-state index is 0.528. The van der Waals surface area contributed by atoms with Gasteiger partial charge in [0.2, 0.25) is 5.95 Å². The number of piperidine rings is 1. The van der Waals surface area contributed by atoms with E-state index in [1.807, 2.05) is 6.07 Å². The van der Waals surface area contributed by atoms with Crippen molar-refractivity contribution in [2.75, 3.05) is 23.3 Å². The number of nitrogens with zero attached hydrogens (tertiary/aromatic N) is 4. The van der Waals surface area contributed by atoms with Crippen molar-refractivity contribution in [1.82, 2.24) is 15.2 Å². The molecule has 1 aromatic carbocycles. The Morgan fingerprint density at radius 1 is 1.27 bits per heavy atom. The zero-order valence-electron chi connectivity index (χ0n) is 12.9. The number of aromatic nitrogens is 3. The fourth-order valence-corrected chi connectivity index (χ4v) is 3.17. The summed E-state index contributed by atoms with van der Waals surface area (Å²) in [6.45, 7) is 6.43. The number of hydrogen-bond acceptors (Lipinski definition) is 5. The Morgan fingerprint density at radius 2 is 2.05 bits per heavy atom. The summed E-state index contributed by atoms with van der Waals surface area (Å²) in [5.41, 5.74) is 2.14. The Bertz CT molecular complexity index is 653. The van der Waals surface area contributed by atoms with Gasteiger partial charge in [0.15, 0.2) is 5.82 Å². The van der Waals surface area contributed by atoms with Gasteiger partial charge in [0.05, 0.1) is 11.9 Å². The van der Waals surface area contributed by atoms with Gasteiger partial charge in [-0.25, -0.2) is 0 Å². The Hall–Kier alpha value is -1.69. The standard InChI is InChI=1S/C16H20BrN5/c1-11-5-7-22(8-6-11)15-10-18-21-16(20-15)19-14-4-3-12(2)9-13(14)17/h3-4,9-11H,5-8H2,1-2H3,(H,19,20,21). The van der Waals surface area contributed by atoms with Gasteiger partial charge in [-0.2, -0.15) is 10.1 Å². The van der Waals surface area contributed by atoms with Crippen LogP contribution in [0.2, 0.25) is 0 Å². The fraction of sp³-hybridized carbons (Fsp3) is 0.438. The molecule has 0 spiro atoms. The van der Waals surface area contributed by atoms with Crippen molar-refractivity contribution >= 4 is 33.4 Å². The number of nitrogens with one attached hydrogen (secondary N) is 1. The second kappa shape index (κ2) is 6.60. The molecule has 116 valence electrons. The van der Waals surface area contributed by atoms with E-state index in [1.165, 1.54) is 18.4 Å². The lowest BCUT2D eigenvalue weighted by atomic mass is 9.99. The molecule has 0 aliphatic carbocycles. The normalized spacial score (nSPS) is 15.9. The molecule has 1 aliphatic rings.